The standard InChI is InChI=1S/C21H26BF2N3O3/c1-4-30-20(29)17(18(28)15-5-6-21(7-8-21)27(15)3)26-10-13-12(19(23)24)9-14(22)11(2)16(13)25/h9-10,15,17,19H,4-8,25H2,1-3H3. The summed E-state index contributed by atoms with van der Waals surface area (Å²) in [6.45, 7) is 3.31. The molecule has 1 aliphatic heterocycles. The quantitative estimate of drug-likeness (QED) is 0.241. The largest absolute Gasteiger partial charge is 0.464 e. The lowest BCUT2D eigenvalue weighted by molar-refractivity contribution is -0.148. The first-order valence-corrected chi connectivity index (χ1v) is 10.1. The number of likely N-dealkylation sites (tertiary alicyclic amines) is 1. The van der Waals surface area contributed by atoms with E-state index in [0.29, 0.717) is 12.0 Å². The molecule has 2 atom stereocenters. The molecule has 6 nitrogen and oxygen atoms in total. The van der Waals surface area contributed by atoms with Gasteiger partial charge in [0.15, 0.2) is 5.78 Å². The SMILES string of the molecule is [B]c1cc(C(F)F)c(C=NC(C(=O)OCC)C(=O)C2CCC3(CC3)N2C)c(N)c1C. The molecule has 3 rings (SSSR count). The first-order chi connectivity index (χ1) is 14.1. The van der Waals surface area contributed by atoms with E-state index < -0.39 is 30.0 Å². The van der Waals surface area contributed by atoms with Gasteiger partial charge in [0.1, 0.15) is 7.85 Å². The summed E-state index contributed by atoms with van der Waals surface area (Å²) in [5, 5.41) is 0. The monoisotopic (exact) mass is 417 g/mol. The van der Waals surface area contributed by atoms with Crippen LogP contribution in [0.15, 0.2) is 11.1 Å². The number of benzene rings is 1. The molecule has 1 saturated heterocycles. The van der Waals surface area contributed by atoms with E-state index in [9.17, 15) is 18.4 Å². The molecule has 2 radical (unpaired) electrons. The van der Waals surface area contributed by atoms with E-state index in [2.05, 4.69) is 4.99 Å². The summed E-state index contributed by atoms with van der Waals surface area (Å²) in [6, 6.07) is -0.756. The maximum atomic E-state index is 13.5. The number of carbonyl (C=O) groups is 2. The van der Waals surface area contributed by atoms with Gasteiger partial charge in [0.25, 0.3) is 6.43 Å². The zero-order valence-electron chi connectivity index (χ0n) is 17.5. The Balaban J connectivity index is 1.95. The summed E-state index contributed by atoms with van der Waals surface area (Å²) >= 11 is 0. The number of likely N-dealkylation sites (N-methyl/N-ethyl adjacent to an activating group) is 1. The molecule has 1 aromatic rings. The van der Waals surface area contributed by atoms with Crippen LogP contribution in [0.1, 0.15) is 55.7 Å². The number of rotatable bonds is 7. The number of alkyl halides is 2. The first-order valence-electron chi connectivity index (χ1n) is 10.1. The molecule has 0 bridgehead atoms. The molecule has 1 heterocycles. The molecular formula is C21H26BF2N3O3. The molecule has 2 fully saturated rings. The summed E-state index contributed by atoms with van der Waals surface area (Å²) in [4.78, 5) is 31.8. The van der Waals surface area contributed by atoms with Crippen LogP contribution in [0, 0.1) is 6.92 Å². The number of ether oxygens (including phenoxy) is 1. The van der Waals surface area contributed by atoms with Crippen molar-refractivity contribution in [2.24, 2.45) is 4.99 Å². The van der Waals surface area contributed by atoms with Crippen molar-refractivity contribution in [3.63, 3.8) is 0 Å². The summed E-state index contributed by atoms with van der Waals surface area (Å²) in [6.07, 6.45) is 1.80. The van der Waals surface area contributed by atoms with E-state index >= 15 is 0 Å². The van der Waals surface area contributed by atoms with Gasteiger partial charge >= 0.3 is 5.97 Å². The normalized spacial score (nSPS) is 21.5. The number of anilines is 1. The van der Waals surface area contributed by atoms with E-state index in [1.54, 1.807) is 13.8 Å². The van der Waals surface area contributed by atoms with Gasteiger partial charge in [0.2, 0.25) is 6.04 Å². The molecule has 1 aromatic carbocycles. The molecule has 2 unspecified atom stereocenters. The van der Waals surface area contributed by atoms with Crippen LogP contribution in [-0.4, -0.2) is 62.0 Å². The second-order valence-electron chi connectivity index (χ2n) is 8.03. The van der Waals surface area contributed by atoms with Crippen molar-refractivity contribution in [2.75, 3.05) is 19.4 Å². The average molecular weight is 417 g/mol. The van der Waals surface area contributed by atoms with E-state index in [1.807, 2.05) is 11.9 Å². The molecule has 1 aliphatic carbocycles. The van der Waals surface area contributed by atoms with Crippen LogP contribution in [0.2, 0.25) is 0 Å². The molecule has 2 N–H and O–H groups in total. The molecule has 0 aromatic heterocycles. The van der Waals surface area contributed by atoms with E-state index in [4.69, 9.17) is 18.3 Å². The number of ketones is 1. The highest BCUT2D eigenvalue weighted by Crippen LogP contribution is 2.51. The summed E-state index contributed by atoms with van der Waals surface area (Å²) in [5.41, 5.74) is 6.21. The molecule has 0 amide bonds. The van der Waals surface area contributed by atoms with E-state index in [-0.39, 0.29) is 34.6 Å². The van der Waals surface area contributed by atoms with Crippen molar-refractivity contribution < 1.29 is 23.1 Å². The Morgan fingerprint density at radius 1 is 1.43 bits per heavy atom. The Bertz CT molecular complexity index is 887. The van der Waals surface area contributed by atoms with Gasteiger partial charge < -0.3 is 10.5 Å². The number of hydrogen-bond donors (Lipinski definition) is 1. The van der Waals surface area contributed by atoms with Gasteiger partial charge in [-0.05, 0) is 52.1 Å². The van der Waals surface area contributed by atoms with Gasteiger partial charge in [-0.25, -0.2) is 13.6 Å². The lowest BCUT2D eigenvalue weighted by atomic mass is 9.86. The third-order valence-corrected chi connectivity index (χ3v) is 6.37. The van der Waals surface area contributed by atoms with Crippen molar-refractivity contribution in [1.82, 2.24) is 4.90 Å². The van der Waals surface area contributed by atoms with Gasteiger partial charge in [-0.2, -0.15) is 0 Å². The lowest BCUT2D eigenvalue weighted by Crippen LogP contribution is -2.45. The summed E-state index contributed by atoms with van der Waals surface area (Å²) in [7, 11) is 7.64. The number of nitrogens with two attached hydrogens (primary N) is 1. The Labute approximate surface area is 176 Å². The minimum absolute atomic E-state index is 0.0408. The van der Waals surface area contributed by atoms with Crippen LogP contribution in [0.25, 0.3) is 0 Å². The fraction of sp³-hybridized carbons (Fsp3) is 0.571. The number of carbonyl (C=O) groups excluding carboxylic acids is 2. The first kappa shape index (κ1) is 22.4. The van der Waals surface area contributed by atoms with Crippen LogP contribution < -0.4 is 11.2 Å². The zero-order valence-corrected chi connectivity index (χ0v) is 17.5. The molecular weight excluding hydrogens is 391 g/mol. The molecule has 30 heavy (non-hydrogen) atoms. The Morgan fingerprint density at radius 3 is 2.63 bits per heavy atom. The van der Waals surface area contributed by atoms with Gasteiger partial charge in [-0.3, -0.25) is 14.7 Å². The van der Waals surface area contributed by atoms with Crippen molar-refractivity contribution in [3.8, 4) is 0 Å². The predicted molar refractivity (Wildman–Crippen MR) is 112 cm³/mol. The van der Waals surface area contributed by atoms with Gasteiger partial charge in [0.05, 0.1) is 12.6 Å². The predicted octanol–water partition coefficient (Wildman–Crippen LogP) is 1.86. The Morgan fingerprint density at radius 2 is 2.10 bits per heavy atom. The number of esters is 1. The van der Waals surface area contributed by atoms with Gasteiger partial charge in [0, 0.05) is 28.6 Å². The molecule has 9 heteroatoms. The fourth-order valence-corrected chi connectivity index (χ4v) is 4.18. The molecule has 1 spiro atoms. The van der Waals surface area contributed by atoms with Crippen molar-refractivity contribution in [2.45, 2.75) is 63.6 Å². The second-order valence-corrected chi connectivity index (χ2v) is 8.03. The highest BCUT2D eigenvalue weighted by molar-refractivity contribution is 6.34. The van der Waals surface area contributed by atoms with Crippen LogP contribution in [0.4, 0.5) is 14.5 Å². The van der Waals surface area contributed by atoms with Crippen LogP contribution >= 0.6 is 0 Å². The summed E-state index contributed by atoms with van der Waals surface area (Å²) < 4.78 is 32.1. The number of nitrogen functional groups attached to an aromatic ring is 1. The molecule has 160 valence electrons. The smallest absolute Gasteiger partial charge is 0.338 e. The molecule has 1 saturated carbocycles. The second kappa shape index (κ2) is 8.45. The van der Waals surface area contributed by atoms with Crippen LogP contribution in [0.5, 0.6) is 0 Å². The maximum Gasteiger partial charge on any atom is 0.338 e. The number of hydrogen-bond acceptors (Lipinski definition) is 6. The average Bonchev–Trinajstić information content (AvgIpc) is 3.41. The van der Waals surface area contributed by atoms with Crippen LogP contribution in [0.3, 0.4) is 0 Å². The third kappa shape index (κ3) is 3.99. The topological polar surface area (TPSA) is 85.0 Å². The van der Waals surface area contributed by atoms with Gasteiger partial charge in [-0.1, -0.05) is 11.5 Å². The minimum atomic E-state index is -2.84. The third-order valence-electron chi connectivity index (χ3n) is 6.37. The highest BCUT2D eigenvalue weighted by Gasteiger charge is 2.55. The maximum absolute atomic E-state index is 13.5. The number of halogens is 2. The Kier molecular flexibility index (Phi) is 6.31. The van der Waals surface area contributed by atoms with Crippen LogP contribution in [-0.2, 0) is 14.3 Å². The lowest BCUT2D eigenvalue weighted by Gasteiger charge is -2.26. The van der Waals surface area contributed by atoms with Crippen molar-refractivity contribution in [1.29, 1.82) is 0 Å². The number of Topliss-reactive ketones (excluding diaryl/α,β-unsaturated/α-hetero) is 1. The zero-order chi connectivity index (χ0) is 22.2. The van der Waals surface area contributed by atoms with E-state index in [0.717, 1.165) is 31.5 Å². The van der Waals surface area contributed by atoms with Crippen molar-refractivity contribution in [3.05, 3.63) is 22.8 Å². The number of nitrogens with zero attached hydrogens (tertiary/aromatic N) is 2. The highest BCUT2D eigenvalue weighted by atomic mass is 19.3. The number of aliphatic imine (C=N–C) groups is 1. The van der Waals surface area contributed by atoms with Gasteiger partial charge in [-0.15, -0.1) is 0 Å². The Hall–Kier alpha value is -2.29. The van der Waals surface area contributed by atoms with Crippen molar-refractivity contribution >= 4 is 37.0 Å². The minimum Gasteiger partial charge on any atom is -0.464 e. The fourth-order valence-electron chi connectivity index (χ4n) is 4.18. The molecule has 2 aliphatic rings. The van der Waals surface area contributed by atoms with E-state index in [1.165, 1.54) is 0 Å². The summed E-state index contributed by atoms with van der Waals surface area (Å²) in [5.74, 6) is -1.19.